The van der Waals surface area contributed by atoms with Crippen molar-refractivity contribution in [2.24, 2.45) is 0 Å². The SMILES string of the molecule is O=C(Cc1cccc(F)c1)NC/C=C/CCl. The van der Waals surface area contributed by atoms with E-state index in [1.54, 1.807) is 24.3 Å². The van der Waals surface area contributed by atoms with Gasteiger partial charge in [-0.05, 0) is 17.7 Å². The Morgan fingerprint density at radius 1 is 1.44 bits per heavy atom. The van der Waals surface area contributed by atoms with Crippen molar-refractivity contribution in [2.75, 3.05) is 12.4 Å². The van der Waals surface area contributed by atoms with Crippen LogP contribution in [0.5, 0.6) is 0 Å². The van der Waals surface area contributed by atoms with Gasteiger partial charge >= 0.3 is 0 Å². The van der Waals surface area contributed by atoms with Gasteiger partial charge in [0, 0.05) is 12.4 Å². The highest BCUT2D eigenvalue weighted by Crippen LogP contribution is 2.03. The number of halogens is 2. The fourth-order valence-electron chi connectivity index (χ4n) is 1.21. The molecule has 1 amide bonds. The standard InChI is InChI=1S/C12H13ClFNO/c13-6-1-2-7-15-12(16)9-10-4-3-5-11(14)8-10/h1-5,8H,6-7,9H2,(H,15,16)/b2-1+. The predicted octanol–water partition coefficient (Wildman–Crippen LogP) is 2.28. The van der Waals surface area contributed by atoms with Gasteiger partial charge in [0.25, 0.3) is 0 Å². The first-order valence-electron chi connectivity index (χ1n) is 4.94. The second-order valence-electron chi connectivity index (χ2n) is 3.24. The van der Waals surface area contributed by atoms with Crippen LogP contribution in [0.4, 0.5) is 4.39 Å². The number of allylic oxidation sites excluding steroid dienone is 1. The molecule has 16 heavy (non-hydrogen) atoms. The van der Waals surface area contributed by atoms with Crippen molar-refractivity contribution in [3.63, 3.8) is 0 Å². The molecule has 0 aliphatic carbocycles. The average Bonchev–Trinajstić information content (AvgIpc) is 2.24. The molecule has 0 saturated carbocycles. The number of alkyl halides is 1. The maximum absolute atomic E-state index is 12.8. The van der Waals surface area contributed by atoms with Gasteiger partial charge in [0.15, 0.2) is 0 Å². The first kappa shape index (κ1) is 12.7. The summed E-state index contributed by atoms with van der Waals surface area (Å²) in [6, 6.07) is 6.02. The smallest absolute Gasteiger partial charge is 0.224 e. The number of hydrogen-bond acceptors (Lipinski definition) is 1. The molecule has 2 nitrogen and oxygen atoms in total. The number of carbonyl (C=O) groups is 1. The maximum Gasteiger partial charge on any atom is 0.224 e. The van der Waals surface area contributed by atoms with E-state index in [-0.39, 0.29) is 18.1 Å². The average molecular weight is 242 g/mol. The Morgan fingerprint density at radius 3 is 2.94 bits per heavy atom. The monoisotopic (exact) mass is 241 g/mol. The van der Waals surface area contributed by atoms with Crippen molar-refractivity contribution in [2.45, 2.75) is 6.42 Å². The van der Waals surface area contributed by atoms with E-state index in [0.29, 0.717) is 18.0 Å². The summed E-state index contributed by atoms with van der Waals surface area (Å²) in [5.74, 6) is -0.0306. The molecule has 1 aromatic rings. The number of rotatable bonds is 5. The summed E-state index contributed by atoms with van der Waals surface area (Å²) in [6.45, 7) is 0.445. The molecule has 0 atom stereocenters. The number of carbonyl (C=O) groups excluding carboxylic acids is 1. The second-order valence-corrected chi connectivity index (χ2v) is 3.55. The summed E-state index contributed by atoms with van der Waals surface area (Å²) in [5.41, 5.74) is 0.666. The van der Waals surface area contributed by atoms with Crippen LogP contribution in [0.1, 0.15) is 5.56 Å². The molecular weight excluding hydrogens is 229 g/mol. The van der Waals surface area contributed by atoms with Gasteiger partial charge in [0.05, 0.1) is 6.42 Å². The molecule has 0 aromatic heterocycles. The highest BCUT2D eigenvalue weighted by atomic mass is 35.5. The lowest BCUT2D eigenvalue weighted by atomic mass is 10.1. The zero-order valence-electron chi connectivity index (χ0n) is 8.75. The Balaban J connectivity index is 2.37. The van der Waals surface area contributed by atoms with Crippen molar-refractivity contribution in [3.05, 3.63) is 47.8 Å². The largest absolute Gasteiger partial charge is 0.352 e. The molecule has 1 N–H and O–H groups in total. The van der Waals surface area contributed by atoms with Gasteiger partial charge in [-0.15, -0.1) is 11.6 Å². The van der Waals surface area contributed by atoms with Crippen molar-refractivity contribution < 1.29 is 9.18 Å². The molecule has 86 valence electrons. The Hall–Kier alpha value is -1.35. The van der Waals surface area contributed by atoms with Gasteiger partial charge < -0.3 is 5.32 Å². The Labute approximate surface area is 99.1 Å². The minimum atomic E-state index is -0.327. The Kier molecular flexibility index (Phi) is 5.57. The van der Waals surface area contributed by atoms with Crippen molar-refractivity contribution in [3.8, 4) is 0 Å². The van der Waals surface area contributed by atoms with Gasteiger partial charge in [-0.2, -0.15) is 0 Å². The normalized spacial score (nSPS) is 10.6. The van der Waals surface area contributed by atoms with E-state index in [9.17, 15) is 9.18 Å². The lowest BCUT2D eigenvalue weighted by Gasteiger charge is -2.02. The topological polar surface area (TPSA) is 29.1 Å². The fourth-order valence-corrected chi connectivity index (χ4v) is 1.34. The third-order valence-corrected chi connectivity index (χ3v) is 2.10. The van der Waals surface area contributed by atoms with Gasteiger partial charge in [-0.25, -0.2) is 4.39 Å². The Morgan fingerprint density at radius 2 is 2.25 bits per heavy atom. The molecule has 0 unspecified atom stereocenters. The Bertz CT molecular complexity index is 379. The van der Waals surface area contributed by atoms with Gasteiger partial charge in [0.2, 0.25) is 5.91 Å². The van der Waals surface area contributed by atoms with E-state index in [2.05, 4.69) is 5.32 Å². The third kappa shape index (κ3) is 4.94. The van der Waals surface area contributed by atoms with E-state index >= 15 is 0 Å². The number of nitrogens with one attached hydrogen (secondary N) is 1. The van der Waals surface area contributed by atoms with E-state index in [1.165, 1.54) is 12.1 Å². The van der Waals surface area contributed by atoms with Crippen LogP contribution in [-0.2, 0) is 11.2 Å². The molecule has 0 aliphatic heterocycles. The molecule has 4 heteroatoms. The van der Waals surface area contributed by atoms with Crippen LogP contribution in [0.2, 0.25) is 0 Å². The molecule has 0 spiro atoms. The minimum Gasteiger partial charge on any atom is -0.352 e. The van der Waals surface area contributed by atoms with E-state index in [4.69, 9.17) is 11.6 Å². The molecule has 0 saturated heterocycles. The van der Waals surface area contributed by atoms with Gasteiger partial charge in [0.1, 0.15) is 5.82 Å². The first-order chi connectivity index (χ1) is 7.72. The minimum absolute atomic E-state index is 0.134. The quantitative estimate of drug-likeness (QED) is 0.622. The molecule has 0 fully saturated rings. The van der Waals surface area contributed by atoms with Crippen LogP contribution in [0.15, 0.2) is 36.4 Å². The summed E-state index contributed by atoms with van der Waals surface area (Å²) in [4.78, 5) is 11.4. The first-order valence-corrected chi connectivity index (χ1v) is 5.48. The fraction of sp³-hybridized carbons (Fsp3) is 0.250. The van der Waals surface area contributed by atoms with Gasteiger partial charge in [-0.1, -0.05) is 24.3 Å². The maximum atomic E-state index is 12.8. The number of amides is 1. The second kappa shape index (κ2) is 7.01. The summed E-state index contributed by atoms with van der Waals surface area (Å²) in [5, 5.41) is 2.68. The summed E-state index contributed by atoms with van der Waals surface area (Å²) in [6.07, 6.45) is 3.72. The summed E-state index contributed by atoms with van der Waals surface area (Å²) >= 11 is 5.42. The molecule has 1 aromatic carbocycles. The van der Waals surface area contributed by atoms with Crippen LogP contribution in [0.3, 0.4) is 0 Å². The summed E-state index contributed by atoms with van der Waals surface area (Å²) in [7, 11) is 0. The molecular formula is C12H13ClFNO. The lowest BCUT2D eigenvalue weighted by molar-refractivity contribution is -0.120. The van der Waals surface area contributed by atoms with E-state index in [0.717, 1.165) is 0 Å². The van der Waals surface area contributed by atoms with Crippen molar-refractivity contribution >= 4 is 17.5 Å². The predicted molar refractivity (Wildman–Crippen MR) is 63.0 cm³/mol. The highest BCUT2D eigenvalue weighted by molar-refractivity contribution is 6.18. The molecule has 0 heterocycles. The molecule has 0 bridgehead atoms. The van der Waals surface area contributed by atoms with Crippen LogP contribution in [0, 0.1) is 5.82 Å². The molecule has 0 radical (unpaired) electrons. The number of hydrogen-bond donors (Lipinski definition) is 1. The number of benzene rings is 1. The van der Waals surface area contributed by atoms with E-state index < -0.39 is 0 Å². The van der Waals surface area contributed by atoms with Crippen LogP contribution >= 0.6 is 11.6 Å². The van der Waals surface area contributed by atoms with Crippen LogP contribution in [-0.4, -0.2) is 18.3 Å². The summed E-state index contributed by atoms with van der Waals surface area (Å²) < 4.78 is 12.8. The zero-order valence-corrected chi connectivity index (χ0v) is 9.51. The van der Waals surface area contributed by atoms with Crippen molar-refractivity contribution in [1.82, 2.24) is 5.32 Å². The lowest BCUT2D eigenvalue weighted by Crippen LogP contribution is -2.25. The van der Waals surface area contributed by atoms with Gasteiger partial charge in [-0.3, -0.25) is 4.79 Å². The van der Waals surface area contributed by atoms with Crippen LogP contribution in [0.25, 0.3) is 0 Å². The van der Waals surface area contributed by atoms with Crippen LogP contribution < -0.4 is 5.32 Å². The highest BCUT2D eigenvalue weighted by Gasteiger charge is 2.02. The zero-order chi connectivity index (χ0) is 11.8. The molecule has 0 aliphatic rings. The van der Waals surface area contributed by atoms with E-state index in [1.807, 2.05) is 0 Å². The van der Waals surface area contributed by atoms with Crippen molar-refractivity contribution in [1.29, 1.82) is 0 Å². The molecule has 1 rings (SSSR count). The third-order valence-electron chi connectivity index (χ3n) is 1.93.